The van der Waals surface area contributed by atoms with Crippen molar-refractivity contribution in [2.24, 2.45) is 0 Å². The number of nitrogens with one attached hydrogen (secondary N) is 1. The van der Waals surface area contributed by atoms with Crippen LogP contribution in [0.1, 0.15) is 22.8 Å². The van der Waals surface area contributed by atoms with Crippen molar-refractivity contribution in [3.63, 3.8) is 0 Å². The third kappa shape index (κ3) is 2.50. The Hall–Kier alpha value is -2.95. The number of aryl methyl sites for hydroxylation is 2. The van der Waals surface area contributed by atoms with E-state index in [0.29, 0.717) is 18.1 Å². The fourth-order valence-corrected chi connectivity index (χ4v) is 2.70. The largest absolute Gasteiger partial charge is 0.358 e. The van der Waals surface area contributed by atoms with E-state index in [2.05, 4.69) is 40.0 Å². The molecule has 0 unspecified atom stereocenters. The van der Waals surface area contributed by atoms with E-state index in [1.807, 2.05) is 30.3 Å². The molecule has 0 aliphatic carbocycles. The zero-order valence-electron chi connectivity index (χ0n) is 13.0. The summed E-state index contributed by atoms with van der Waals surface area (Å²) in [4.78, 5) is 12.1. The summed E-state index contributed by atoms with van der Waals surface area (Å²) in [5.74, 6) is 1.18. The maximum absolute atomic E-state index is 5.42. The first-order valence-electron chi connectivity index (χ1n) is 7.52. The molecule has 114 valence electrons. The highest BCUT2D eigenvalue weighted by molar-refractivity contribution is 5.87. The van der Waals surface area contributed by atoms with Crippen molar-refractivity contribution in [3.05, 3.63) is 65.4 Å². The van der Waals surface area contributed by atoms with E-state index in [4.69, 9.17) is 4.52 Å². The second-order valence-electron chi connectivity index (χ2n) is 5.65. The Morgan fingerprint density at radius 3 is 2.87 bits per heavy atom. The normalized spacial score (nSPS) is 11.2. The predicted molar refractivity (Wildman–Crippen MR) is 88.1 cm³/mol. The summed E-state index contributed by atoms with van der Waals surface area (Å²) in [6.07, 6.45) is 2.33. The minimum atomic E-state index is 0.538. The maximum Gasteiger partial charge on any atom is 0.257 e. The van der Waals surface area contributed by atoms with E-state index in [0.717, 1.165) is 16.8 Å². The Labute approximate surface area is 133 Å². The van der Waals surface area contributed by atoms with Crippen LogP contribution in [0.5, 0.6) is 0 Å². The van der Waals surface area contributed by atoms with Gasteiger partial charge in [-0.3, -0.25) is 4.98 Å². The van der Waals surface area contributed by atoms with Gasteiger partial charge in [0.1, 0.15) is 0 Å². The summed E-state index contributed by atoms with van der Waals surface area (Å²) in [7, 11) is 0. The summed E-state index contributed by atoms with van der Waals surface area (Å²) in [6.45, 7) is 4.19. The molecule has 0 atom stereocenters. The molecule has 0 aliphatic heterocycles. The van der Waals surface area contributed by atoms with Gasteiger partial charge in [-0.15, -0.1) is 0 Å². The lowest BCUT2D eigenvalue weighted by Crippen LogP contribution is -1.93. The number of aromatic nitrogens is 4. The van der Waals surface area contributed by atoms with Crippen molar-refractivity contribution in [2.45, 2.75) is 20.3 Å². The third-order valence-corrected chi connectivity index (χ3v) is 4.09. The molecule has 0 fully saturated rings. The first-order chi connectivity index (χ1) is 11.2. The number of benzene rings is 1. The van der Waals surface area contributed by atoms with Gasteiger partial charge < -0.3 is 9.51 Å². The predicted octanol–water partition coefficient (Wildman–Crippen LogP) is 3.82. The minimum absolute atomic E-state index is 0.538. The molecule has 1 aromatic carbocycles. The summed E-state index contributed by atoms with van der Waals surface area (Å²) in [6, 6.07) is 11.9. The van der Waals surface area contributed by atoms with Gasteiger partial charge in [-0.2, -0.15) is 4.98 Å². The summed E-state index contributed by atoms with van der Waals surface area (Å²) < 4.78 is 5.42. The second kappa shape index (κ2) is 5.35. The van der Waals surface area contributed by atoms with Crippen LogP contribution in [0.2, 0.25) is 0 Å². The molecule has 5 nitrogen and oxygen atoms in total. The van der Waals surface area contributed by atoms with E-state index in [1.165, 1.54) is 16.6 Å². The van der Waals surface area contributed by atoms with Crippen LogP contribution in [0.3, 0.4) is 0 Å². The van der Waals surface area contributed by atoms with Gasteiger partial charge in [0.15, 0.2) is 5.82 Å². The van der Waals surface area contributed by atoms with Crippen molar-refractivity contribution in [3.8, 4) is 11.5 Å². The summed E-state index contributed by atoms with van der Waals surface area (Å²) in [5, 5.41) is 5.25. The van der Waals surface area contributed by atoms with Gasteiger partial charge in [-0.1, -0.05) is 11.2 Å². The Morgan fingerprint density at radius 2 is 2.04 bits per heavy atom. The molecular formula is C18H16N4O. The third-order valence-electron chi connectivity index (χ3n) is 4.09. The Kier molecular flexibility index (Phi) is 3.19. The molecule has 0 saturated heterocycles. The molecular weight excluding hydrogens is 288 g/mol. The Balaban J connectivity index is 1.67. The molecule has 3 aromatic heterocycles. The fourth-order valence-electron chi connectivity index (χ4n) is 2.70. The minimum Gasteiger partial charge on any atom is -0.358 e. The first-order valence-corrected chi connectivity index (χ1v) is 7.52. The quantitative estimate of drug-likeness (QED) is 0.625. The molecule has 0 aliphatic rings. The van der Waals surface area contributed by atoms with E-state index < -0.39 is 0 Å². The first kappa shape index (κ1) is 13.7. The number of fused-ring (bicyclic) bond motifs is 1. The van der Waals surface area contributed by atoms with Crippen molar-refractivity contribution < 1.29 is 4.52 Å². The van der Waals surface area contributed by atoms with E-state index >= 15 is 0 Å². The average Bonchev–Trinajstić information content (AvgIpc) is 3.14. The molecule has 4 rings (SSSR count). The number of H-pyrrole nitrogens is 1. The number of hydrogen-bond donors (Lipinski definition) is 1. The van der Waals surface area contributed by atoms with Crippen molar-refractivity contribution in [2.75, 3.05) is 0 Å². The second-order valence-corrected chi connectivity index (χ2v) is 5.65. The molecule has 23 heavy (non-hydrogen) atoms. The van der Waals surface area contributed by atoms with E-state index in [-0.39, 0.29) is 0 Å². The highest BCUT2D eigenvalue weighted by Crippen LogP contribution is 2.27. The van der Waals surface area contributed by atoms with Gasteiger partial charge >= 0.3 is 0 Å². The molecule has 0 spiro atoms. The van der Waals surface area contributed by atoms with Crippen molar-refractivity contribution in [1.29, 1.82) is 0 Å². The highest BCUT2D eigenvalue weighted by Gasteiger charge is 2.12. The fraction of sp³-hybridized carbons (Fsp3) is 0.167. The number of rotatable bonds is 3. The monoisotopic (exact) mass is 304 g/mol. The van der Waals surface area contributed by atoms with Crippen molar-refractivity contribution in [1.82, 2.24) is 20.1 Å². The number of pyridine rings is 1. The lowest BCUT2D eigenvalue weighted by Gasteiger charge is -1.96. The molecule has 5 heteroatoms. The van der Waals surface area contributed by atoms with Gasteiger partial charge in [-0.25, -0.2) is 0 Å². The van der Waals surface area contributed by atoms with Gasteiger partial charge in [-0.05, 0) is 49.7 Å². The molecule has 0 bridgehead atoms. The van der Waals surface area contributed by atoms with Crippen LogP contribution in [-0.4, -0.2) is 20.1 Å². The van der Waals surface area contributed by atoms with Crippen molar-refractivity contribution >= 4 is 10.9 Å². The topological polar surface area (TPSA) is 67.6 Å². The van der Waals surface area contributed by atoms with Gasteiger partial charge in [0.05, 0.1) is 6.42 Å². The van der Waals surface area contributed by atoms with Crippen LogP contribution < -0.4 is 0 Å². The van der Waals surface area contributed by atoms with Crippen LogP contribution in [0.25, 0.3) is 22.4 Å². The van der Waals surface area contributed by atoms with Crippen LogP contribution >= 0.6 is 0 Å². The number of nitrogens with zero attached hydrogens (tertiary/aromatic N) is 3. The Morgan fingerprint density at radius 1 is 1.13 bits per heavy atom. The molecule has 4 aromatic rings. The van der Waals surface area contributed by atoms with Crippen LogP contribution in [0.4, 0.5) is 0 Å². The van der Waals surface area contributed by atoms with Gasteiger partial charge in [0.25, 0.3) is 5.89 Å². The van der Waals surface area contributed by atoms with Crippen LogP contribution in [0, 0.1) is 13.8 Å². The lowest BCUT2D eigenvalue weighted by molar-refractivity contribution is 0.424. The molecule has 0 amide bonds. The highest BCUT2D eigenvalue weighted by atomic mass is 16.5. The average molecular weight is 304 g/mol. The maximum atomic E-state index is 5.42. The molecule has 1 N–H and O–H groups in total. The lowest BCUT2D eigenvalue weighted by atomic mass is 10.1. The van der Waals surface area contributed by atoms with Gasteiger partial charge in [0, 0.05) is 34.1 Å². The van der Waals surface area contributed by atoms with E-state index in [9.17, 15) is 0 Å². The zero-order valence-corrected chi connectivity index (χ0v) is 13.0. The van der Waals surface area contributed by atoms with Gasteiger partial charge in [0.2, 0.25) is 0 Å². The van der Waals surface area contributed by atoms with E-state index in [1.54, 1.807) is 6.20 Å². The number of hydrogen-bond acceptors (Lipinski definition) is 4. The Bertz CT molecular complexity index is 969. The number of aromatic amines is 1. The molecule has 0 saturated carbocycles. The zero-order chi connectivity index (χ0) is 15.8. The SMILES string of the molecule is Cc1[nH]c2ccc(-c3nc(Cc4ccccn4)no3)cc2c1C. The molecule has 0 radical (unpaired) electrons. The van der Waals surface area contributed by atoms with Crippen LogP contribution in [0.15, 0.2) is 47.1 Å². The van der Waals surface area contributed by atoms with Crippen LogP contribution in [-0.2, 0) is 6.42 Å². The smallest absolute Gasteiger partial charge is 0.257 e. The summed E-state index contributed by atoms with van der Waals surface area (Å²) >= 11 is 0. The molecule has 3 heterocycles. The standard InChI is InChI=1S/C18H16N4O/c1-11-12(2)20-16-7-6-13(9-15(11)16)18-21-17(22-23-18)10-14-5-3-4-8-19-14/h3-9,20H,10H2,1-2H3. The summed E-state index contributed by atoms with van der Waals surface area (Å²) in [5.41, 5.74) is 5.40.